The van der Waals surface area contributed by atoms with Crippen molar-refractivity contribution in [3.63, 3.8) is 0 Å². The van der Waals surface area contributed by atoms with E-state index in [2.05, 4.69) is 77.9 Å². The molecule has 0 fully saturated rings. The molecule has 2 aliphatic rings. The molecule has 6 heteroatoms. The zero-order valence-electron chi connectivity index (χ0n) is 19.2. The number of benzene rings is 1. The summed E-state index contributed by atoms with van der Waals surface area (Å²) in [6, 6.07) is 10.6. The minimum absolute atomic E-state index is 0.0769. The molecule has 0 saturated heterocycles. The smallest absolute Gasteiger partial charge is 0.137 e. The van der Waals surface area contributed by atoms with E-state index in [9.17, 15) is 0 Å². The molecule has 0 saturated carbocycles. The number of pyridine rings is 1. The van der Waals surface area contributed by atoms with Gasteiger partial charge in [-0.05, 0) is 53.6 Å². The Bertz CT molecular complexity index is 1310. The van der Waals surface area contributed by atoms with Gasteiger partial charge in [-0.15, -0.1) is 11.8 Å². The molecule has 2 aliphatic heterocycles. The summed E-state index contributed by atoms with van der Waals surface area (Å²) < 4.78 is 0. The number of hydrogen-bond donors (Lipinski definition) is 3. The number of dihydropyridines is 1. The first kappa shape index (κ1) is 21.6. The lowest BCUT2D eigenvalue weighted by Crippen LogP contribution is -2.26. The maximum atomic E-state index is 4.81. The van der Waals surface area contributed by atoms with Gasteiger partial charge < -0.3 is 15.6 Å². The first-order chi connectivity index (χ1) is 15.9. The van der Waals surface area contributed by atoms with Crippen LogP contribution in [-0.4, -0.2) is 21.6 Å². The molecule has 33 heavy (non-hydrogen) atoms. The molecule has 0 aliphatic carbocycles. The van der Waals surface area contributed by atoms with Crippen LogP contribution in [0.2, 0.25) is 0 Å². The molecule has 0 atom stereocenters. The Hall–Kier alpha value is -3.25. The monoisotopic (exact) mass is 455 g/mol. The zero-order valence-corrected chi connectivity index (χ0v) is 20.0. The van der Waals surface area contributed by atoms with Gasteiger partial charge in [-0.25, -0.2) is 4.98 Å². The Kier molecular flexibility index (Phi) is 5.62. The first-order valence-corrected chi connectivity index (χ1v) is 12.2. The van der Waals surface area contributed by atoms with Crippen LogP contribution in [0.25, 0.3) is 11.0 Å². The molecule has 3 N–H and O–H groups in total. The van der Waals surface area contributed by atoms with E-state index in [1.807, 2.05) is 18.5 Å². The van der Waals surface area contributed by atoms with Gasteiger partial charge in [0.05, 0.1) is 5.04 Å². The minimum atomic E-state index is 0.0769. The topological polar surface area (TPSA) is 65.1 Å². The highest BCUT2D eigenvalue weighted by molar-refractivity contribution is 8.13. The SMILES string of the molecule is C=C1CC(C)(C)c2ccc(NC(=C)C3=CCCN=C3SCc3c[nH]c4ncccc34)cc2N1. The number of nitrogens with one attached hydrogen (secondary N) is 3. The van der Waals surface area contributed by atoms with E-state index in [0.29, 0.717) is 0 Å². The molecule has 5 rings (SSSR count). The molecule has 5 nitrogen and oxygen atoms in total. The number of fused-ring (bicyclic) bond motifs is 2. The van der Waals surface area contributed by atoms with Crippen LogP contribution < -0.4 is 10.6 Å². The van der Waals surface area contributed by atoms with Gasteiger partial charge in [0.1, 0.15) is 5.65 Å². The Balaban J connectivity index is 1.31. The van der Waals surface area contributed by atoms with Gasteiger partial charge in [0, 0.05) is 58.4 Å². The average Bonchev–Trinajstić information content (AvgIpc) is 3.20. The summed E-state index contributed by atoms with van der Waals surface area (Å²) >= 11 is 1.75. The maximum Gasteiger partial charge on any atom is 0.137 e. The molecular formula is C27H29N5S. The van der Waals surface area contributed by atoms with Crippen LogP contribution in [0.4, 0.5) is 11.4 Å². The minimum Gasteiger partial charge on any atom is -0.359 e. The van der Waals surface area contributed by atoms with Crippen molar-refractivity contribution in [1.82, 2.24) is 9.97 Å². The van der Waals surface area contributed by atoms with Gasteiger partial charge in [-0.3, -0.25) is 4.99 Å². The number of aromatic amines is 1. The number of thioether (sulfide) groups is 1. The second-order valence-electron chi connectivity index (χ2n) is 9.25. The summed E-state index contributed by atoms with van der Waals surface area (Å²) in [6.45, 7) is 13.8. The number of anilines is 2. The van der Waals surface area contributed by atoms with Gasteiger partial charge in [0.2, 0.25) is 0 Å². The molecule has 0 amide bonds. The average molecular weight is 456 g/mol. The van der Waals surface area contributed by atoms with Crippen molar-refractivity contribution in [3.8, 4) is 0 Å². The highest BCUT2D eigenvalue weighted by Gasteiger charge is 2.29. The van der Waals surface area contributed by atoms with Crippen molar-refractivity contribution in [2.45, 2.75) is 37.9 Å². The Morgan fingerprint density at radius 2 is 2.15 bits per heavy atom. The Morgan fingerprint density at radius 1 is 1.27 bits per heavy atom. The van der Waals surface area contributed by atoms with E-state index in [0.717, 1.165) is 69.6 Å². The van der Waals surface area contributed by atoms with E-state index in [1.54, 1.807) is 11.8 Å². The zero-order chi connectivity index (χ0) is 23.0. The van der Waals surface area contributed by atoms with E-state index in [4.69, 9.17) is 4.99 Å². The number of aliphatic imine (C=N–C) groups is 1. The summed E-state index contributed by atoms with van der Waals surface area (Å²) in [4.78, 5) is 12.5. The number of rotatable bonds is 5. The Labute approximate surface area is 199 Å². The maximum absolute atomic E-state index is 4.81. The molecule has 4 heterocycles. The van der Waals surface area contributed by atoms with Gasteiger partial charge >= 0.3 is 0 Å². The van der Waals surface area contributed by atoms with Crippen LogP contribution in [0.3, 0.4) is 0 Å². The fraction of sp³-hybridized carbons (Fsp3) is 0.259. The predicted octanol–water partition coefficient (Wildman–Crippen LogP) is 6.76. The van der Waals surface area contributed by atoms with E-state index in [-0.39, 0.29) is 5.41 Å². The van der Waals surface area contributed by atoms with Gasteiger partial charge in [-0.1, -0.05) is 39.1 Å². The normalized spacial score (nSPS) is 17.1. The van der Waals surface area contributed by atoms with E-state index < -0.39 is 0 Å². The molecule has 0 spiro atoms. The molecule has 0 unspecified atom stereocenters. The molecular weight excluding hydrogens is 426 g/mol. The quantitative estimate of drug-likeness (QED) is 0.398. The molecule has 3 aromatic rings. The van der Waals surface area contributed by atoms with Crippen molar-refractivity contribution < 1.29 is 0 Å². The standard InChI is InChI=1S/C27H29N5S/c1-17-14-27(3,4)23-10-9-20(13-24(23)31-17)32-18(2)21-7-5-12-29-26(21)33-16-19-15-30-25-22(19)8-6-11-28-25/h6-11,13,15,31-32H,1-2,5,12,14,16H2,3-4H3,(H,28,30). The second kappa shape index (κ2) is 8.60. The lowest BCUT2D eigenvalue weighted by atomic mass is 9.77. The molecule has 2 aromatic heterocycles. The summed E-state index contributed by atoms with van der Waals surface area (Å²) in [6.07, 6.45) is 7.96. The summed E-state index contributed by atoms with van der Waals surface area (Å²) in [5, 5.41) is 9.16. The first-order valence-electron chi connectivity index (χ1n) is 11.2. The van der Waals surface area contributed by atoms with Crippen LogP contribution in [0, 0.1) is 0 Å². The van der Waals surface area contributed by atoms with Crippen molar-refractivity contribution in [3.05, 3.63) is 90.1 Å². The molecule has 168 valence electrons. The van der Waals surface area contributed by atoms with E-state index in [1.165, 1.54) is 11.1 Å². The lowest BCUT2D eigenvalue weighted by molar-refractivity contribution is 0.512. The predicted molar refractivity (Wildman–Crippen MR) is 142 cm³/mol. The third-order valence-electron chi connectivity index (χ3n) is 6.20. The van der Waals surface area contributed by atoms with Crippen molar-refractivity contribution >= 4 is 39.2 Å². The van der Waals surface area contributed by atoms with Crippen molar-refractivity contribution in [1.29, 1.82) is 0 Å². The van der Waals surface area contributed by atoms with Crippen LogP contribution in [0.15, 0.2) is 83.9 Å². The lowest BCUT2D eigenvalue weighted by Gasteiger charge is -2.35. The third-order valence-corrected chi connectivity index (χ3v) is 7.28. The Morgan fingerprint density at radius 3 is 3.03 bits per heavy atom. The summed E-state index contributed by atoms with van der Waals surface area (Å²) in [5.41, 5.74) is 8.68. The number of aromatic nitrogens is 2. The van der Waals surface area contributed by atoms with Crippen molar-refractivity contribution in [2.75, 3.05) is 17.2 Å². The fourth-order valence-electron chi connectivity index (χ4n) is 4.62. The highest BCUT2D eigenvalue weighted by atomic mass is 32.2. The van der Waals surface area contributed by atoms with Crippen LogP contribution in [0.5, 0.6) is 0 Å². The molecule has 0 radical (unpaired) electrons. The molecule has 1 aromatic carbocycles. The second-order valence-corrected chi connectivity index (χ2v) is 10.2. The van der Waals surface area contributed by atoms with Gasteiger partial charge in [0.25, 0.3) is 0 Å². The largest absolute Gasteiger partial charge is 0.359 e. The molecule has 0 bridgehead atoms. The van der Waals surface area contributed by atoms with Gasteiger partial charge in [-0.2, -0.15) is 0 Å². The van der Waals surface area contributed by atoms with Crippen LogP contribution in [0.1, 0.15) is 37.8 Å². The number of nitrogens with zero attached hydrogens (tertiary/aromatic N) is 2. The van der Waals surface area contributed by atoms with Gasteiger partial charge in [0.15, 0.2) is 0 Å². The van der Waals surface area contributed by atoms with Crippen LogP contribution >= 0.6 is 11.8 Å². The van der Waals surface area contributed by atoms with Crippen LogP contribution in [-0.2, 0) is 11.2 Å². The van der Waals surface area contributed by atoms with E-state index >= 15 is 0 Å². The number of hydrogen-bond acceptors (Lipinski definition) is 5. The summed E-state index contributed by atoms with van der Waals surface area (Å²) in [7, 11) is 0. The third kappa shape index (κ3) is 4.35. The highest BCUT2D eigenvalue weighted by Crippen LogP contribution is 2.41. The number of allylic oxidation sites excluding steroid dienone is 2. The summed E-state index contributed by atoms with van der Waals surface area (Å²) in [5.74, 6) is 0.828. The van der Waals surface area contributed by atoms with Crippen molar-refractivity contribution in [2.24, 2.45) is 4.99 Å². The number of H-pyrrole nitrogens is 1. The fourth-order valence-corrected chi connectivity index (χ4v) is 5.70.